The maximum Gasteiger partial charge on any atom is 0.283 e. The fraction of sp³-hybridized carbons (Fsp3) is 0.200. The lowest BCUT2D eigenvalue weighted by atomic mass is 10.1. The zero-order valence-corrected chi connectivity index (χ0v) is 11.8. The van der Waals surface area contributed by atoms with Crippen LogP contribution in [0.25, 0.3) is 0 Å². The van der Waals surface area contributed by atoms with E-state index >= 15 is 0 Å². The molecule has 20 heavy (non-hydrogen) atoms. The second-order valence-electron chi connectivity index (χ2n) is 4.29. The van der Waals surface area contributed by atoms with Crippen LogP contribution in [-0.2, 0) is 0 Å². The Labute approximate surface area is 121 Å². The van der Waals surface area contributed by atoms with Gasteiger partial charge in [-0.2, -0.15) is 0 Å². The number of rotatable bonds is 5. The highest BCUT2D eigenvalue weighted by molar-refractivity contribution is 7.99. The standard InChI is InChI=1S/C15H15NO3S/c1-2-13(17)11-7-3-5-9-14(11)20-15-10-6-4-8-12(15)16(18)19/h3-10,13,17H,2H2,1H3/t13-/m1/s1. The molecule has 0 amide bonds. The Kier molecular flexibility index (Phi) is 4.76. The van der Waals surface area contributed by atoms with Crippen LogP contribution < -0.4 is 0 Å². The molecule has 0 bridgehead atoms. The van der Waals surface area contributed by atoms with Crippen LogP contribution in [0, 0.1) is 10.1 Å². The fourth-order valence-corrected chi connectivity index (χ4v) is 2.98. The van der Waals surface area contributed by atoms with Crippen LogP contribution in [0.15, 0.2) is 58.3 Å². The third kappa shape index (κ3) is 3.18. The minimum Gasteiger partial charge on any atom is -0.388 e. The van der Waals surface area contributed by atoms with Gasteiger partial charge in [0.15, 0.2) is 0 Å². The number of aliphatic hydroxyl groups is 1. The second kappa shape index (κ2) is 6.54. The molecule has 0 saturated carbocycles. The summed E-state index contributed by atoms with van der Waals surface area (Å²) in [6, 6.07) is 14.1. The van der Waals surface area contributed by atoms with E-state index in [1.165, 1.54) is 17.8 Å². The van der Waals surface area contributed by atoms with Gasteiger partial charge in [0.2, 0.25) is 0 Å². The van der Waals surface area contributed by atoms with Crippen LogP contribution in [0.5, 0.6) is 0 Å². The maximum atomic E-state index is 11.0. The molecular weight excluding hydrogens is 274 g/mol. The second-order valence-corrected chi connectivity index (χ2v) is 5.37. The third-order valence-electron chi connectivity index (χ3n) is 2.95. The summed E-state index contributed by atoms with van der Waals surface area (Å²) in [5, 5.41) is 21.0. The van der Waals surface area contributed by atoms with Gasteiger partial charge >= 0.3 is 0 Å². The van der Waals surface area contributed by atoms with Crippen LogP contribution in [0.3, 0.4) is 0 Å². The van der Waals surface area contributed by atoms with Crippen molar-refractivity contribution in [2.45, 2.75) is 29.2 Å². The molecule has 0 spiro atoms. The highest BCUT2D eigenvalue weighted by atomic mass is 32.2. The van der Waals surface area contributed by atoms with E-state index in [1.807, 2.05) is 31.2 Å². The Morgan fingerprint density at radius 3 is 2.40 bits per heavy atom. The highest BCUT2D eigenvalue weighted by Gasteiger charge is 2.16. The summed E-state index contributed by atoms with van der Waals surface area (Å²) in [5.74, 6) is 0. The minimum absolute atomic E-state index is 0.0818. The lowest BCUT2D eigenvalue weighted by Gasteiger charge is -2.13. The normalized spacial score (nSPS) is 12.1. The summed E-state index contributed by atoms with van der Waals surface area (Å²) in [6.07, 6.45) is 0.0514. The Balaban J connectivity index is 2.38. The Morgan fingerprint density at radius 1 is 1.15 bits per heavy atom. The number of nitrogens with zero attached hydrogens (tertiary/aromatic N) is 1. The van der Waals surface area contributed by atoms with Crippen molar-refractivity contribution >= 4 is 17.4 Å². The molecule has 0 aliphatic heterocycles. The zero-order chi connectivity index (χ0) is 14.5. The van der Waals surface area contributed by atoms with E-state index in [4.69, 9.17) is 0 Å². The number of hydrogen-bond acceptors (Lipinski definition) is 4. The summed E-state index contributed by atoms with van der Waals surface area (Å²) in [6.45, 7) is 1.90. The number of para-hydroxylation sites is 1. The first-order valence-electron chi connectivity index (χ1n) is 6.31. The molecular formula is C15H15NO3S. The zero-order valence-electron chi connectivity index (χ0n) is 11.0. The van der Waals surface area contributed by atoms with Crippen molar-refractivity contribution in [1.82, 2.24) is 0 Å². The van der Waals surface area contributed by atoms with E-state index in [1.54, 1.807) is 18.2 Å². The molecule has 1 atom stereocenters. The predicted molar refractivity (Wildman–Crippen MR) is 78.9 cm³/mol. The first-order valence-corrected chi connectivity index (χ1v) is 7.13. The van der Waals surface area contributed by atoms with Crippen molar-refractivity contribution < 1.29 is 10.0 Å². The SMILES string of the molecule is CC[C@@H](O)c1ccccc1Sc1ccccc1[N+](=O)[O-]. The van der Waals surface area contributed by atoms with Gasteiger partial charge in [0, 0.05) is 11.0 Å². The summed E-state index contributed by atoms with van der Waals surface area (Å²) >= 11 is 1.31. The smallest absolute Gasteiger partial charge is 0.283 e. The van der Waals surface area contributed by atoms with Crippen LogP contribution in [0.4, 0.5) is 5.69 Å². The number of nitro benzene ring substituents is 1. The first-order chi connectivity index (χ1) is 9.63. The molecule has 5 heteroatoms. The fourth-order valence-electron chi connectivity index (χ4n) is 1.88. The van der Waals surface area contributed by atoms with E-state index in [-0.39, 0.29) is 10.6 Å². The number of nitro groups is 1. The van der Waals surface area contributed by atoms with Crippen molar-refractivity contribution in [2.24, 2.45) is 0 Å². The molecule has 0 unspecified atom stereocenters. The van der Waals surface area contributed by atoms with Gasteiger partial charge in [-0.05, 0) is 24.1 Å². The molecule has 2 aromatic carbocycles. The quantitative estimate of drug-likeness (QED) is 0.662. The first kappa shape index (κ1) is 14.6. The third-order valence-corrected chi connectivity index (χ3v) is 4.10. The summed E-state index contributed by atoms with van der Waals surface area (Å²) < 4.78 is 0. The van der Waals surface area contributed by atoms with Gasteiger partial charge < -0.3 is 5.11 Å². The molecule has 0 aliphatic rings. The van der Waals surface area contributed by atoms with Crippen LogP contribution in [0.2, 0.25) is 0 Å². The number of benzene rings is 2. The van der Waals surface area contributed by atoms with E-state index < -0.39 is 6.10 Å². The molecule has 0 saturated heterocycles. The molecule has 104 valence electrons. The van der Waals surface area contributed by atoms with E-state index in [2.05, 4.69) is 0 Å². The molecule has 0 radical (unpaired) electrons. The van der Waals surface area contributed by atoms with Crippen LogP contribution in [-0.4, -0.2) is 10.0 Å². The van der Waals surface area contributed by atoms with Crippen molar-refractivity contribution in [1.29, 1.82) is 0 Å². The van der Waals surface area contributed by atoms with Gasteiger partial charge in [-0.1, -0.05) is 49.0 Å². The topological polar surface area (TPSA) is 63.4 Å². The Morgan fingerprint density at radius 2 is 1.75 bits per heavy atom. The summed E-state index contributed by atoms with van der Waals surface area (Å²) in [4.78, 5) is 12.1. The number of hydrogen-bond donors (Lipinski definition) is 1. The van der Waals surface area contributed by atoms with Gasteiger partial charge in [-0.15, -0.1) is 0 Å². The van der Waals surface area contributed by atoms with Gasteiger partial charge in [0.05, 0.1) is 15.9 Å². The highest BCUT2D eigenvalue weighted by Crippen LogP contribution is 2.38. The molecule has 4 nitrogen and oxygen atoms in total. The van der Waals surface area contributed by atoms with E-state index in [9.17, 15) is 15.2 Å². The molecule has 0 aliphatic carbocycles. The summed E-state index contributed by atoms with van der Waals surface area (Å²) in [5.41, 5.74) is 0.886. The minimum atomic E-state index is -0.554. The Hall–Kier alpha value is -1.85. The largest absolute Gasteiger partial charge is 0.388 e. The van der Waals surface area contributed by atoms with Crippen molar-refractivity contribution in [3.8, 4) is 0 Å². The van der Waals surface area contributed by atoms with E-state index in [0.29, 0.717) is 11.3 Å². The van der Waals surface area contributed by atoms with Crippen molar-refractivity contribution in [3.63, 3.8) is 0 Å². The van der Waals surface area contributed by atoms with Crippen LogP contribution in [0.1, 0.15) is 25.0 Å². The number of aliphatic hydroxyl groups excluding tert-OH is 1. The molecule has 0 fully saturated rings. The molecule has 2 aromatic rings. The monoisotopic (exact) mass is 289 g/mol. The van der Waals surface area contributed by atoms with Gasteiger partial charge in [-0.25, -0.2) is 0 Å². The maximum absolute atomic E-state index is 11.0. The van der Waals surface area contributed by atoms with Crippen LogP contribution >= 0.6 is 11.8 Å². The lowest BCUT2D eigenvalue weighted by Crippen LogP contribution is -1.97. The van der Waals surface area contributed by atoms with E-state index in [0.717, 1.165) is 10.5 Å². The molecule has 0 aromatic heterocycles. The average Bonchev–Trinajstić information content (AvgIpc) is 2.47. The van der Waals surface area contributed by atoms with Crippen molar-refractivity contribution in [2.75, 3.05) is 0 Å². The summed E-state index contributed by atoms with van der Waals surface area (Å²) in [7, 11) is 0. The molecule has 0 heterocycles. The lowest BCUT2D eigenvalue weighted by molar-refractivity contribution is -0.387. The predicted octanol–water partition coefficient (Wildman–Crippen LogP) is 4.19. The molecule has 2 rings (SSSR count). The Bertz CT molecular complexity index is 616. The van der Waals surface area contributed by atoms with Crippen molar-refractivity contribution in [3.05, 3.63) is 64.2 Å². The van der Waals surface area contributed by atoms with Gasteiger partial charge in [0.1, 0.15) is 0 Å². The van der Waals surface area contributed by atoms with Gasteiger partial charge in [0.25, 0.3) is 5.69 Å². The average molecular weight is 289 g/mol. The molecule has 1 N–H and O–H groups in total. The van der Waals surface area contributed by atoms with Gasteiger partial charge in [-0.3, -0.25) is 10.1 Å².